The Morgan fingerprint density at radius 2 is 1.76 bits per heavy atom. The predicted molar refractivity (Wildman–Crippen MR) is 153 cm³/mol. The average molecular weight is 589 g/mol. The van der Waals surface area contributed by atoms with Crippen molar-refractivity contribution in [3.63, 3.8) is 0 Å². The van der Waals surface area contributed by atoms with Crippen molar-refractivity contribution in [3.8, 4) is 11.5 Å². The Hall–Kier alpha value is -3.83. The summed E-state index contributed by atoms with van der Waals surface area (Å²) in [6.07, 6.45) is -0.423. The second-order valence-corrected chi connectivity index (χ2v) is 11.0. The lowest BCUT2D eigenvalue weighted by Gasteiger charge is -2.27. The maximum absolute atomic E-state index is 13.2. The first kappa shape index (κ1) is 31.7. The monoisotopic (exact) mass is 588 g/mol. The third-order valence-corrected chi connectivity index (χ3v) is 6.09. The number of para-hydroxylation sites is 1. The van der Waals surface area contributed by atoms with Crippen LogP contribution in [0.1, 0.15) is 44.5 Å². The molecule has 0 aliphatic carbocycles. The molecule has 0 radical (unpaired) electrons. The second kappa shape index (κ2) is 14.7. The fraction of sp³-hybridized carbons (Fsp3) is 0.448. The zero-order chi connectivity index (χ0) is 30.0. The highest BCUT2D eigenvalue weighted by molar-refractivity contribution is 6.30. The standard InChI is InChI=1S/C29H37ClN4O7/c1-18-16-40-24-8-6-5-7-21(24)26(36)34-22(27(37)31-13-14-39-20-11-9-19(30)10-12-20)15-25(35)33-23(28(38)32-18)17-41-29(2,3)4/h5-12,18,22-23H,13-17H2,1-4H3,(H,31,37)(H,32,38)(H,33,35)(H,34,36)/t18-,22+,23+/m1/s1. The minimum atomic E-state index is -1.25. The van der Waals surface area contributed by atoms with Crippen molar-refractivity contribution in [1.82, 2.24) is 21.3 Å². The molecular formula is C29H37ClN4O7. The average Bonchev–Trinajstić information content (AvgIpc) is 2.91. The van der Waals surface area contributed by atoms with E-state index in [4.69, 9.17) is 25.8 Å². The maximum Gasteiger partial charge on any atom is 0.255 e. The fourth-order valence-electron chi connectivity index (χ4n) is 3.78. The molecule has 2 aromatic rings. The first-order chi connectivity index (χ1) is 19.4. The van der Waals surface area contributed by atoms with Gasteiger partial charge in [-0.15, -0.1) is 0 Å². The summed E-state index contributed by atoms with van der Waals surface area (Å²) < 4.78 is 17.2. The molecule has 222 valence electrons. The zero-order valence-electron chi connectivity index (χ0n) is 23.6. The SMILES string of the molecule is C[C@@H]1COc2ccccc2C(=O)N[C@H](C(=O)NCCOc2ccc(Cl)cc2)CC(=O)N[C@@H](COC(C)(C)C)C(=O)N1. The fourth-order valence-corrected chi connectivity index (χ4v) is 3.90. The Morgan fingerprint density at radius 3 is 2.46 bits per heavy atom. The van der Waals surface area contributed by atoms with Crippen molar-refractivity contribution in [1.29, 1.82) is 0 Å². The van der Waals surface area contributed by atoms with Crippen LogP contribution in [0.15, 0.2) is 48.5 Å². The van der Waals surface area contributed by atoms with Gasteiger partial charge in [0.25, 0.3) is 5.91 Å². The molecule has 3 atom stereocenters. The largest absolute Gasteiger partial charge is 0.492 e. The van der Waals surface area contributed by atoms with Crippen LogP contribution in [0.4, 0.5) is 0 Å². The molecule has 3 rings (SSSR count). The van der Waals surface area contributed by atoms with Crippen molar-refractivity contribution < 1.29 is 33.4 Å². The van der Waals surface area contributed by atoms with Gasteiger partial charge in [-0.25, -0.2) is 0 Å². The topological polar surface area (TPSA) is 144 Å². The van der Waals surface area contributed by atoms with Crippen molar-refractivity contribution in [2.45, 2.75) is 57.8 Å². The Morgan fingerprint density at radius 1 is 1.05 bits per heavy atom. The number of fused-ring (bicyclic) bond motifs is 1. The molecule has 0 bridgehead atoms. The molecule has 41 heavy (non-hydrogen) atoms. The Bertz CT molecular complexity index is 1220. The summed E-state index contributed by atoms with van der Waals surface area (Å²) in [4.78, 5) is 52.5. The van der Waals surface area contributed by atoms with Crippen LogP contribution in [0, 0.1) is 0 Å². The van der Waals surface area contributed by atoms with E-state index in [0.29, 0.717) is 10.8 Å². The van der Waals surface area contributed by atoms with Crippen molar-refractivity contribution in [3.05, 3.63) is 59.1 Å². The molecule has 0 aromatic heterocycles. The number of nitrogens with one attached hydrogen (secondary N) is 4. The Balaban J connectivity index is 1.77. The van der Waals surface area contributed by atoms with Crippen molar-refractivity contribution in [2.24, 2.45) is 0 Å². The normalized spacial score (nSPS) is 20.3. The summed E-state index contributed by atoms with van der Waals surface area (Å²) in [5.41, 5.74) is -0.378. The maximum atomic E-state index is 13.2. The van der Waals surface area contributed by atoms with E-state index in [1.165, 1.54) is 0 Å². The van der Waals surface area contributed by atoms with Crippen LogP contribution in [-0.2, 0) is 19.1 Å². The van der Waals surface area contributed by atoms with Crippen LogP contribution in [0.3, 0.4) is 0 Å². The van der Waals surface area contributed by atoms with Gasteiger partial charge in [0, 0.05) is 5.02 Å². The third kappa shape index (κ3) is 10.6. The summed E-state index contributed by atoms with van der Waals surface area (Å²) in [6, 6.07) is 10.6. The van der Waals surface area contributed by atoms with E-state index in [9.17, 15) is 19.2 Å². The highest BCUT2D eigenvalue weighted by Crippen LogP contribution is 2.19. The number of amides is 4. The number of hydrogen-bond acceptors (Lipinski definition) is 7. The van der Waals surface area contributed by atoms with E-state index >= 15 is 0 Å². The molecule has 0 saturated heterocycles. The summed E-state index contributed by atoms with van der Waals surface area (Å²) in [6.45, 7) is 7.45. The van der Waals surface area contributed by atoms with Gasteiger partial charge in [0.1, 0.15) is 36.8 Å². The van der Waals surface area contributed by atoms with Gasteiger partial charge >= 0.3 is 0 Å². The molecule has 1 heterocycles. The summed E-state index contributed by atoms with van der Waals surface area (Å²) >= 11 is 5.88. The molecular weight excluding hydrogens is 552 g/mol. The minimum absolute atomic E-state index is 0.0639. The van der Waals surface area contributed by atoms with E-state index in [0.717, 1.165) is 0 Å². The van der Waals surface area contributed by atoms with Crippen LogP contribution >= 0.6 is 11.6 Å². The smallest absolute Gasteiger partial charge is 0.255 e. The van der Waals surface area contributed by atoms with Crippen LogP contribution in [0.25, 0.3) is 0 Å². The van der Waals surface area contributed by atoms with Gasteiger partial charge in [-0.05, 0) is 64.1 Å². The van der Waals surface area contributed by atoms with Gasteiger partial charge in [-0.3, -0.25) is 19.2 Å². The molecule has 4 amide bonds. The number of benzene rings is 2. The predicted octanol–water partition coefficient (Wildman–Crippen LogP) is 2.22. The molecule has 1 aliphatic heterocycles. The second-order valence-electron chi connectivity index (χ2n) is 10.6. The van der Waals surface area contributed by atoms with Gasteiger partial charge in [0.2, 0.25) is 17.7 Å². The number of hydrogen-bond donors (Lipinski definition) is 4. The van der Waals surface area contributed by atoms with Gasteiger partial charge in [0.15, 0.2) is 0 Å². The molecule has 0 saturated carbocycles. The molecule has 2 aromatic carbocycles. The lowest BCUT2D eigenvalue weighted by Crippen LogP contribution is -2.55. The summed E-state index contributed by atoms with van der Waals surface area (Å²) in [5.74, 6) is -1.42. The van der Waals surface area contributed by atoms with E-state index in [-0.39, 0.29) is 37.7 Å². The lowest BCUT2D eigenvalue weighted by molar-refractivity contribution is -0.134. The van der Waals surface area contributed by atoms with E-state index in [2.05, 4.69) is 21.3 Å². The first-order valence-electron chi connectivity index (χ1n) is 13.3. The van der Waals surface area contributed by atoms with E-state index in [1.54, 1.807) is 55.5 Å². The number of carbonyl (C=O) groups excluding carboxylic acids is 4. The summed E-state index contributed by atoms with van der Waals surface area (Å²) in [7, 11) is 0. The third-order valence-electron chi connectivity index (χ3n) is 5.84. The molecule has 12 heteroatoms. The summed E-state index contributed by atoms with van der Waals surface area (Å²) in [5, 5.41) is 11.3. The molecule has 11 nitrogen and oxygen atoms in total. The van der Waals surface area contributed by atoms with Crippen molar-refractivity contribution >= 4 is 35.2 Å². The minimum Gasteiger partial charge on any atom is -0.492 e. The zero-order valence-corrected chi connectivity index (χ0v) is 24.4. The lowest BCUT2D eigenvalue weighted by atomic mass is 10.1. The van der Waals surface area contributed by atoms with Gasteiger partial charge in [-0.2, -0.15) is 0 Å². The molecule has 0 unspecified atom stereocenters. The molecule has 4 N–H and O–H groups in total. The van der Waals surface area contributed by atoms with Gasteiger partial charge < -0.3 is 35.5 Å². The van der Waals surface area contributed by atoms with Gasteiger partial charge in [0.05, 0.1) is 36.8 Å². The van der Waals surface area contributed by atoms with Crippen LogP contribution in [0.5, 0.6) is 11.5 Å². The van der Waals surface area contributed by atoms with E-state index in [1.807, 2.05) is 20.8 Å². The number of carbonyl (C=O) groups is 4. The highest BCUT2D eigenvalue weighted by atomic mass is 35.5. The van der Waals surface area contributed by atoms with Crippen LogP contribution in [0.2, 0.25) is 5.02 Å². The highest BCUT2D eigenvalue weighted by Gasteiger charge is 2.30. The van der Waals surface area contributed by atoms with Crippen LogP contribution < -0.4 is 30.7 Å². The molecule has 0 fully saturated rings. The molecule has 1 aliphatic rings. The number of halogens is 1. The Kier molecular flexibility index (Phi) is 11.4. The van der Waals surface area contributed by atoms with Gasteiger partial charge in [-0.1, -0.05) is 23.7 Å². The number of ether oxygens (including phenoxy) is 3. The quantitative estimate of drug-likeness (QED) is 0.363. The van der Waals surface area contributed by atoms with E-state index < -0.39 is 53.8 Å². The Labute approximate surface area is 244 Å². The van der Waals surface area contributed by atoms with Crippen molar-refractivity contribution in [2.75, 3.05) is 26.4 Å². The molecule has 0 spiro atoms. The number of rotatable bonds is 7. The van der Waals surface area contributed by atoms with Crippen LogP contribution in [-0.4, -0.2) is 73.7 Å². The first-order valence-corrected chi connectivity index (χ1v) is 13.7.